The quantitative estimate of drug-likeness (QED) is 0.767. The van der Waals surface area contributed by atoms with Crippen molar-refractivity contribution < 1.29 is 9.53 Å². The third-order valence-corrected chi connectivity index (χ3v) is 5.07. The fraction of sp³-hybridized carbons (Fsp3) is 0.364. The van der Waals surface area contributed by atoms with Gasteiger partial charge in [0.2, 0.25) is 0 Å². The van der Waals surface area contributed by atoms with Crippen molar-refractivity contribution in [3.8, 4) is 11.8 Å². The molecule has 134 valence electrons. The van der Waals surface area contributed by atoms with Gasteiger partial charge in [-0.25, -0.2) is 0 Å². The number of ether oxygens (including phenoxy) is 1. The highest BCUT2D eigenvalue weighted by Gasteiger charge is 2.23. The van der Waals surface area contributed by atoms with E-state index in [1.165, 1.54) is 11.1 Å². The van der Waals surface area contributed by atoms with Gasteiger partial charge in [-0.1, -0.05) is 6.07 Å². The first kappa shape index (κ1) is 18.0. The van der Waals surface area contributed by atoms with Crippen LogP contribution in [0, 0.1) is 25.2 Å². The molecule has 1 aliphatic heterocycles. The van der Waals surface area contributed by atoms with Gasteiger partial charge >= 0.3 is 0 Å². The molecule has 1 heterocycles. The first-order chi connectivity index (χ1) is 12.5. The minimum Gasteiger partial charge on any atom is -0.490 e. The lowest BCUT2D eigenvalue weighted by Gasteiger charge is -2.34. The van der Waals surface area contributed by atoms with Crippen LogP contribution in [0.1, 0.15) is 46.8 Å². The lowest BCUT2D eigenvalue weighted by Crippen LogP contribution is -2.39. The number of hydrogen-bond acceptors (Lipinski definition) is 4. The molecule has 4 heteroatoms. The van der Waals surface area contributed by atoms with Gasteiger partial charge < -0.3 is 9.64 Å². The van der Waals surface area contributed by atoms with Gasteiger partial charge in [0.25, 0.3) is 0 Å². The Morgan fingerprint density at radius 3 is 2.46 bits per heavy atom. The molecule has 0 aromatic heterocycles. The van der Waals surface area contributed by atoms with Crippen LogP contribution in [-0.2, 0) is 0 Å². The fourth-order valence-corrected chi connectivity index (χ4v) is 3.35. The third-order valence-electron chi connectivity index (χ3n) is 5.07. The second kappa shape index (κ2) is 7.61. The molecule has 0 N–H and O–H groups in total. The topological polar surface area (TPSA) is 53.3 Å². The van der Waals surface area contributed by atoms with Gasteiger partial charge in [-0.15, -0.1) is 0 Å². The van der Waals surface area contributed by atoms with E-state index in [4.69, 9.17) is 10.00 Å². The number of hydrogen-bond donors (Lipinski definition) is 0. The molecule has 0 bridgehead atoms. The molecule has 3 rings (SSSR count). The van der Waals surface area contributed by atoms with E-state index in [0.717, 1.165) is 37.4 Å². The Morgan fingerprint density at radius 1 is 1.12 bits per heavy atom. The Kier molecular flexibility index (Phi) is 5.27. The maximum atomic E-state index is 11.9. The number of piperidine rings is 1. The van der Waals surface area contributed by atoms with Crippen LogP contribution in [0.25, 0.3) is 0 Å². The smallest absolute Gasteiger partial charge is 0.161 e. The van der Waals surface area contributed by atoms with Gasteiger partial charge in [0.15, 0.2) is 5.78 Å². The molecule has 0 atom stereocenters. The zero-order valence-corrected chi connectivity index (χ0v) is 15.6. The van der Waals surface area contributed by atoms with Gasteiger partial charge in [0.1, 0.15) is 11.9 Å². The highest BCUT2D eigenvalue weighted by Crippen LogP contribution is 2.28. The predicted octanol–water partition coefficient (Wildman–Crippen LogP) is 4.43. The predicted molar refractivity (Wildman–Crippen MR) is 103 cm³/mol. The van der Waals surface area contributed by atoms with Crippen LogP contribution >= 0.6 is 0 Å². The number of nitrogens with zero attached hydrogens (tertiary/aromatic N) is 2. The number of Topliss-reactive ketones (excluding diaryl/α,β-unsaturated/α-hetero) is 1. The fourth-order valence-electron chi connectivity index (χ4n) is 3.35. The normalized spacial score (nSPS) is 14.8. The Bertz CT molecular complexity index is 859. The molecule has 0 amide bonds. The van der Waals surface area contributed by atoms with Crippen molar-refractivity contribution in [1.82, 2.24) is 0 Å². The van der Waals surface area contributed by atoms with Crippen molar-refractivity contribution in [2.75, 3.05) is 18.0 Å². The number of carbonyl (C=O) groups is 1. The van der Waals surface area contributed by atoms with Crippen molar-refractivity contribution in [3.05, 3.63) is 58.7 Å². The lowest BCUT2D eigenvalue weighted by molar-refractivity contribution is 0.101. The van der Waals surface area contributed by atoms with E-state index < -0.39 is 0 Å². The first-order valence-electron chi connectivity index (χ1n) is 9.02. The average Bonchev–Trinajstić information content (AvgIpc) is 2.65. The zero-order chi connectivity index (χ0) is 18.7. The van der Waals surface area contributed by atoms with Crippen LogP contribution in [0.2, 0.25) is 0 Å². The second-order valence-corrected chi connectivity index (χ2v) is 6.95. The van der Waals surface area contributed by atoms with E-state index in [9.17, 15) is 4.79 Å². The average molecular weight is 348 g/mol. The van der Waals surface area contributed by atoms with Gasteiger partial charge in [0, 0.05) is 37.2 Å². The van der Waals surface area contributed by atoms with Gasteiger partial charge in [0.05, 0.1) is 11.6 Å². The maximum absolute atomic E-state index is 11.9. The number of aryl methyl sites for hydroxylation is 2. The number of carbonyl (C=O) groups excluding carboxylic acids is 1. The molecule has 0 spiro atoms. The van der Waals surface area contributed by atoms with Crippen molar-refractivity contribution in [3.63, 3.8) is 0 Å². The van der Waals surface area contributed by atoms with Gasteiger partial charge in [-0.2, -0.15) is 5.26 Å². The van der Waals surface area contributed by atoms with E-state index in [0.29, 0.717) is 11.1 Å². The zero-order valence-electron chi connectivity index (χ0n) is 15.6. The van der Waals surface area contributed by atoms with Crippen molar-refractivity contribution >= 4 is 11.5 Å². The summed E-state index contributed by atoms with van der Waals surface area (Å²) in [4.78, 5) is 14.1. The molecule has 1 fully saturated rings. The SMILES string of the molecule is CC(=O)c1ccc(C#N)cc1N1CCC(Oc2ccc(C)c(C)c2)CC1. The molecule has 0 saturated carbocycles. The molecule has 0 unspecified atom stereocenters. The number of anilines is 1. The van der Waals surface area contributed by atoms with Crippen LogP contribution in [0.15, 0.2) is 36.4 Å². The van der Waals surface area contributed by atoms with Crippen molar-refractivity contribution in [1.29, 1.82) is 5.26 Å². The Balaban J connectivity index is 1.69. The molecular weight excluding hydrogens is 324 g/mol. The standard InChI is InChI=1S/C22H24N2O2/c1-15-4-6-20(12-16(15)2)26-19-8-10-24(11-9-19)22-13-18(14-23)5-7-21(22)17(3)25/h4-7,12-13,19H,8-11H2,1-3H3. The molecule has 2 aromatic carbocycles. The summed E-state index contributed by atoms with van der Waals surface area (Å²) in [7, 11) is 0. The summed E-state index contributed by atoms with van der Waals surface area (Å²) in [6.07, 6.45) is 1.95. The molecule has 1 aliphatic rings. The van der Waals surface area contributed by atoms with Crippen molar-refractivity contribution in [2.45, 2.75) is 39.7 Å². The Hall–Kier alpha value is -2.80. The molecule has 0 aliphatic carbocycles. The summed E-state index contributed by atoms with van der Waals surface area (Å²) in [5.41, 5.74) is 4.62. The molecular formula is C22H24N2O2. The summed E-state index contributed by atoms with van der Waals surface area (Å²) in [6, 6.07) is 13.6. The van der Waals surface area contributed by atoms with Crippen LogP contribution in [0.4, 0.5) is 5.69 Å². The molecule has 2 aromatic rings. The van der Waals surface area contributed by atoms with E-state index in [2.05, 4.69) is 36.9 Å². The second-order valence-electron chi connectivity index (χ2n) is 6.95. The number of ketones is 1. The minimum absolute atomic E-state index is 0.0259. The number of rotatable bonds is 4. The lowest BCUT2D eigenvalue weighted by atomic mass is 10.0. The summed E-state index contributed by atoms with van der Waals surface area (Å²) < 4.78 is 6.15. The van der Waals surface area contributed by atoms with E-state index in [1.807, 2.05) is 12.1 Å². The van der Waals surface area contributed by atoms with Crippen LogP contribution < -0.4 is 9.64 Å². The van der Waals surface area contributed by atoms with Crippen LogP contribution in [-0.4, -0.2) is 25.0 Å². The first-order valence-corrected chi connectivity index (χ1v) is 9.02. The van der Waals surface area contributed by atoms with E-state index in [1.54, 1.807) is 19.1 Å². The van der Waals surface area contributed by atoms with Crippen LogP contribution in [0.3, 0.4) is 0 Å². The number of benzene rings is 2. The van der Waals surface area contributed by atoms with Gasteiger partial charge in [-0.3, -0.25) is 4.79 Å². The third kappa shape index (κ3) is 3.88. The highest BCUT2D eigenvalue weighted by molar-refractivity contribution is 6.00. The Labute approximate surface area is 155 Å². The monoisotopic (exact) mass is 348 g/mol. The minimum atomic E-state index is 0.0259. The summed E-state index contributed by atoms with van der Waals surface area (Å²) in [5, 5.41) is 9.16. The maximum Gasteiger partial charge on any atom is 0.161 e. The molecule has 1 saturated heterocycles. The Morgan fingerprint density at radius 2 is 1.85 bits per heavy atom. The molecule has 26 heavy (non-hydrogen) atoms. The van der Waals surface area contributed by atoms with Gasteiger partial charge in [-0.05, 0) is 62.2 Å². The molecule has 0 radical (unpaired) electrons. The van der Waals surface area contributed by atoms with E-state index in [-0.39, 0.29) is 11.9 Å². The van der Waals surface area contributed by atoms with E-state index >= 15 is 0 Å². The largest absolute Gasteiger partial charge is 0.490 e. The number of nitriles is 1. The van der Waals surface area contributed by atoms with Crippen LogP contribution in [0.5, 0.6) is 5.75 Å². The summed E-state index contributed by atoms with van der Waals surface area (Å²) in [5.74, 6) is 0.945. The summed E-state index contributed by atoms with van der Waals surface area (Å²) in [6.45, 7) is 7.38. The van der Waals surface area contributed by atoms with Crippen molar-refractivity contribution in [2.24, 2.45) is 0 Å². The molecule has 4 nitrogen and oxygen atoms in total. The summed E-state index contributed by atoms with van der Waals surface area (Å²) >= 11 is 0. The highest BCUT2D eigenvalue weighted by atomic mass is 16.5.